The zero-order valence-electron chi connectivity index (χ0n) is 19.2. The molecule has 1 atom stereocenters. The van der Waals surface area contributed by atoms with Crippen molar-refractivity contribution in [3.63, 3.8) is 0 Å². The number of carbonyl (C=O) groups excluding carboxylic acids is 2. The van der Waals surface area contributed by atoms with Gasteiger partial charge in [0.05, 0.1) is 19.4 Å². The van der Waals surface area contributed by atoms with Crippen LogP contribution in [-0.2, 0) is 22.4 Å². The number of hydrogen-bond acceptors (Lipinski definition) is 10. The third-order valence-corrected chi connectivity index (χ3v) is 7.04. The molecule has 1 fully saturated rings. The molecule has 2 amide bonds. The molecule has 10 nitrogen and oxygen atoms in total. The van der Waals surface area contributed by atoms with Gasteiger partial charge >= 0.3 is 0 Å². The number of benzene rings is 2. The van der Waals surface area contributed by atoms with Gasteiger partial charge in [-0.25, -0.2) is 0 Å². The second-order valence-corrected chi connectivity index (χ2v) is 10.1. The summed E-state index contributed by atoms with van der Waals surface area (Å²) in [6, 6.07) is 19.1. The number of nitrogens with zero attached hydrogens (tertiary/aromatic N) is 5. The highest BCUT2D eigenvalue weighted by atomic mass is 32.1. The lowest BCUT2D eigenvalue weighted by atomic mass is 10.1. The molecule has 3 heterocycles. The number of nitrogens with one attached hydrogen (secondary N) is 2. The van der Waals surface area contributed by atoms with E-state index >= 15 is 0 Å². The first-order valence-corrected chi connectivity index (χ1v) is 13.0. The van der Waals surface area contributed by atoms with Crippen molar-refractivity contribution in [3.05, 3.63) is 71.8 Å². The quantitative estimate of drug-likeness (QED) is 0.344. The van der Waals surface area contributed by atoms with Crippen molar-refractivity contribution in [1.82, 2.24) is 20.4 Å². The number of aromatic nitrogens is 4. The maximum atomic E-state index is 12.3. The molecular formula is C24H23N7O3S2. The van der Waals surface area contributed by atoms with E-state index in [0.29, 0.717) is 22.0 Å². The maximum Gasteiger partial charge on any atom is 0.296 e. The fourth-order valence-corrected chi connectivity index (χ4v) is 5.21. The maximum absolute atomic E-state index is 12.3. The molecule has 4 aromatic rings. The van der Waals surface area contributed by atoms with Crippen molar-refractivity contribution >= 4 is 49.9 Å². The van der Waals surface area contributed by atoms with Crippen molar-refractivity contribution in [2.45, 2.75) is 25.4 Å². The Kier molecular flexibility index (Phi) is 7.43. The van der Waals surface area contributed by atoms with E-state index in [2.05, 4.69) is 35.9 Å². The molecule has 2 N–H and O–H groups in total. The average Bonchev–Trinajstić information content (AvgIpc) is 3.62. The first-order chi connectivity index (χ1) is 17.6. The fourth-order valence-electron chi connectivity index (χ4n) is 3.73. The summed E-state index contributed by atoms with van der Waals surface area (Å²) in [6.07, 6.45) is 1.24. The number of rotatable bonds is 9. The number of anilines is 3. The molecule has 0 aliphatic carbocycles. The lowest BCUT2D eigenvalue weighted by molar-refractivity contribution is -0.116. The summed E-state index contributed by atoms with van der Waals surface area (Å²) in [6.45, 7) is 1.36. The molecule has 0 saturated carbocycles. The van der Waals surface area contributed by atoms with Crippen LogP contribution in [0.15, 0.2) is 60.7 Å². The van der Waals surface area contributed by atoms with Crippen LogP contribution in [0.25, 0.3) is 0 Å². The van der Waals surface area contributed by atoms with E-state index in [1.807, 2.05) is 60.7 Å². The molecule has 1 unspecified atom stereocenters. The number of carbonyl (C=O) groups is 2. The zero-order valence-corrected chi connectivity index (χ0v) is 20.8. The Bertz CT molecular complexity index is 1310. The van der Waals surface area contributed by atoms with E-state index < -0.39 is 0 Å². The van der Waals surface area contributed by atoms with Crippen molar-refractivity contribution < 1.29 is 14.3 Å². The van der Waals surface area contributed by atoms with Crippen LogP contribution in [0.1, 0.15) is 17.5 Å². The molecule has 36 heavy (non-hydrogen) atoms. The van der Waals surface area contributed by atoms with Gasteiger partial charge in [0.2, 0.25) is 27.2 Å². The minimum Gasteiger partial charge on any atom is -0.464 e. The van der Waals surface area contributed by atoms with Crippen molar-refractivity contribution in [3.8, 4) is 5.19 Å². The number of hydrogen-bond donors (Lipinski definition) is 2. The predicted octanol–water partition coefficient (Wildman–Crippen LogP) is 3.41. The van der Waals surface area contributed by atoms with Gasteiger partial charge in [0.15, 0.2) is 0 Å². The van der Waals surface area contributed by atoms with Gasteiger partial charge in [-0.05, 0) is 22.5 Å². The van der Waals surface area contributed by atoms with Crippen LogP contribution < -0.4 is 20.3 Å². The van der Waals surface area contributed by atoms with Gasteiger partial charge in [-0.1, -0.05) is 77.1 Å². The third-order valence-electron chi connectivity index (χ3n) is 5.41. The predicted molar refractivity (Wildman–Crippen MR) is 139 cm³/mol. The van der Waals surface area contributed by atoms with Crippen LogP contribution >= 0.6 is 22.7 Å². The summed E-state index contributed by atoms with van der Waals surface area (Å²) >= 11 is 2.53. The van der Waals surface area contributed by atoms with Crippen LogP contribution in [0.5, 0.6) is 5.19 Å². The molecule has 5 rings (SSSR count). The SMILES string of the molecule is O=C(Cc1ccccc1)Nc1nnc(OC2CCN(c3nnc(NC(=O)Cc4ccccc4)s3)C2)s1. The number of ether oxygens (including phenoxy) is 1. The van der Waals surface area contributed by atoms with Crippen molar-refractivity contribution in [2.24, 2.45) is 0 Å². The standard InChI is InChI=1S/C24H23N7O3S2/c32-19(13-16-7-3-1-4-8-16)25-21-27-29-23(35-21)31-12-11-18(15-31)34-24-30-28-22(36-24)26-20(33)14-17-9-5-2-6-10-17/h1-10,18H,11-15H2,(H,25,27,32)(H,26,28,33). The topological polar surface area (TPSA) is 122 Å². The summed E-state index contributed by atoms with van der Waals surface area (Å²) in [5.41, 5.74) is 1.87. The normalized spacial score (nSPS) is 15.0. The Morgan fingerprint density at radius 3 is 2.06 bits per heavy atom. The Morgan fingerprint density at radius 2 is 1.42 bits per heavy atom. The Labute approximate surface area is 215 Å². The van der Waals surface area contributed by atoms with Gasteiger partial charge in [0, 0.05) is 13.0 Å². The second kappa shape index (κ2) is 11.2. The van der Waals surface area contributed by atoms with Crippen LogP contribution in [0.4, 0.5) is 15.4 Å². The molecule has 2 aromatic heterocycles. The summed E-state index contributed by atoms with van der Waals surface area (Å²) in [7, 11) is 0. The Morgan fingerprint density at radius 1 is 0.833 bits per heavy atom. The lowest BCUT2D eigenvalue weighted by Crippen LogP contribution is -2.24. The van der Waals surface area contributed by atoms with Gasteiger partial charge in [-0.3, -0.25) is 9.59 Å². The highest BCUT2D eigenvalue weighted by molar-refractivity contribution is 7.19. The van der Waals surface area contributed by atoms with E-state index in [1.54, 1.807) is 0 Å². The van der Waals surface area contributed by atoms with Gasteiger partial charge in [-0.2, -0.15) is 0 Å². The fraction of sp³-hybridized carbons (Fsp3) is 0.250. The summed E-state index contributed by atoms with van der Waals surface area (Å²) in [5.74, 6) is -0.284. The molecule has 0 bridgehead atoms. The van der Waals surface area contributed by atoms with Crippen LogP contribution in [-0.4, -0.2) is 51.4 Å². The van der Waals surface area contributed by atoms with Crippen molar-refractivity contribution in [2.75, 3.05) is 28.6 Å². The van der Waals surface area contributed by atoms with Gasteiger partial charge < -0.3 is 20.3 Å². The van der Waals surface area contributed by atoms with Crippen LogP contribution in [0.2, 0.25) is 0 Å². The molecule has 2 aromatic carbocycles. The van der Waals surface area contributed by atoms with Gasteiger partial charge in [0.25, 0.3) is 5.19 Å². The van der Waals surface area contributed by atoms with E-state index in [4.69, 9.17) is 4.74 Å². The largest absolute Gasteiger partial charge is 0.464 e. The Balaban J connectivity index is 1.09. The van der Waals surface area contributed by atoms with E-state index in [1.165, 1.54) is 22.7 Å². The van der Waals surface area contributed by atoms with Crippen LogP contribution in [0, 0.1) is 0 Å². The van der Waals surface area contributed by atoms with Crippen molar-refractivity contribution in [1.29, 1.82) is 0 Å². The smallest absolute Gasteiger partial charge is 0.296 e. The Hall–Kier alpha value is -3.90. The molecule has 12 heteroatoms. The summed E-state index contributed by atoms with van der Waals surface area (Å²) in [5, 5.41) is 24.0. The molecule has 1 saturated heterocycles. The number of amides is 2. The van der Waals surface area contributed by atoms with E-state index in [9.17, 15) is 9.59 Å². The molecule has 1 aliphatic rings. The molecule has 0 spiro atoms. The lowest BCUT2D eigenvalue weighted by Gasteiger charge is -2.13. The molecule has 1 aliphatic heterocycles. The van der Waals surface area contributed by atoms with E-state index in [0.717, 1.165) is 29.2 Å². The second-order valence-electron chi connectivity index (χ2n) is 8.16. The zero-order chi connectivity index (χ0) is 24.7. The summed E-state index contributed by atoms with van der Waals surface area (Å²) < 4.78 is 5.98. The monoisotopic (exact) mass is 521 g/mol. The van der Waals surface area contributed by atoms with Gasteiger partial charge in [0.1, 0.15) is 6.10 Å². The molecular weight excluding hydrogens is 498 g/mol. The summed E-state index contributed by atoms with van der Waals surface area (Å²) in [4.78, 5) is 26.6. The minimum absolute atomic E-state index is 0.0918. The van der Waals surface area contributed by atoms with Crippen LogP contribution in [0.3, 0.4) is 0 Å². The minimum atomic E-state index is -0.154. The molecule has 184 valence electrons. The third kappa shape index (κ3) is 6.40. The highest BCUT2D eigenvalue weighted by Crippen LogP contribution is 2.30. The van der Waals surface area contributed by atoms with Gasteiger partial charge in [-0.15, -0.1) is 15.3 Å². The van der Waals surface area contributed by atoms with E-state index in [-0.39, 0.29) is 30.8 Å². The molecule has 0 radical (unpaired) electrons. The average molecular weight is 522 g/mol. The first-order valence-electron chi connectivity index (χ1n) is 11.4. The highest BCUT2D eigenvalue weighted by Gasteiger charge is 2.28. The first kappa shape index (κ1) is 23.8.